The molecule has 1 aromatic carbocycles. The van der Waals surface area contributed by atoms with Gasteiger partial charge in [-0.2, -0.15) is 0 Å². The second-order valence-electron chi connectivity index (χ2n) is 7.90. The molecule has 1 N–H and O–H groups in total. The monoisotopic (exact) mass is 346 g/mol. The molecule has 0 saturated carbocycles. The Labute approximate surface area is 148 Å². The van der Waals surface area contributed by atoms with E-state index in [1.54, 1.807) is 11.3 Å². The Morgan fingerprint density at radius 3 is 2.25 bits per heavy atom. The van der Waals surface area contributed by atoms with Crippen molar-refractivity contribution in [3.05, 3.63) is 35.3 Å². The van der Waals surface area contributed by atoms with Gasteiger partial charge in [0.15, 0.2) is 6.61 Å². The lowest BCUT2D eigenvalue weighted by Crippen LogP contribution is -2.43. The molecular weight excluding hydrogens is 320 g/mol. The minimum atomic E-state index is -0.250. The minimum absolute atomic E-state index is 0.0159. The molecule has 0 fully saturated rings. The van der Waals surface area contributed by atoms with E-state index in [9.17, 15) is 4.79 Å². The molecule has 0 spiro atoms. The van der Waals surface area contributed by atoms with Crippen molar-refractivity contribution >= 4 is 17.2 Å². The average Bonchev–Trinajstić information content (AvgIpc) is 2.93. The fraction of sp³-hybridized carbons (Fsp3) is 0.474. The number of hydrogen-bond acceptors (Lipinski definition) is 4. The van der Waals surface area contributed by atoms with Crippen LogP contribution in [0.25, 0.3) is 10.6 Å². The maximum Gasteiger partial charge on any atom is 0.258 e. The molecule has 0 unspecified atom stereocenters. The second kappa shape index (κ2) is 6.93. The summed E-state index contributed by atoms with van der Waals surface area (Å²) in [4.78, 5) is 16.5. The van der Waals surface area contributed by atoms with E-state index in [4.69, 9.17) is 9.72 Å². The third-order valence-electron chi connectivity index (χ3n) is 3.26. The van der Waals surface area contributed by atoms with Crippen LogP contribution in [-0.2, 0) is 10.2 Å². The number of rotatable bonds is 4. The number of carbonyl (C=O) groups is 1. The van der Waals surface area contributed by atoms with Crippen LogP contribution in [0.5, 0.6) is 5.75 Å². The van der Waals surface area contributed by atoms with Gasteiger partial charge in [-0.1, -0.05) is 20.8 Å². The van der Waals surface area contributed by atoms with E-state index in [0.717, 1.165) is 16.3 Å². The predicted octanol–water partition coefficient (Wildman–Crippen LogP) is 4.40. The summed E-state index contributed by atoms with van der Waals surface area (Å²) in [6.45, 7) is 12.3. The largest absolute Gasteiger partial charge is 0.484 e. The van der Waals surface area contributed by atoms with Gasteiger partial charge in [0.05, 0.1) is 5.69 Å². The molecule has 1 heterocycles. The molecule has 130 valence electrons. The Bertz CT molecular complexity index is 691. The number of benzene rings is 1. The normalized spacial score (nSPS) is 12.1. The van der Waals surface area contributed by atoms with Crippen molar-refractivity contribution in [2.75, 3.05) is 6.61 Å². The van der Waals surface area contributed by atoms with Crippen molar-refractivity contribution in [2.45, 2.75) is 52.5 Å². The molecule has 0 aliphatic rings. The van der Waals surface area contributed by atoms with Gasteiger partial charge in [-0.15, -0.1) is 11.3 Å². The molecule has 24 heavy (non-hydrogen) atoms. The molecule has 1 amide bonds. The first-order valence-corrected chi connectivity index (χ1v) is 8.93. The zero-order valence-corrected chi connectivity index (χ0v) is 16.1. The summed E-state index contributed by atoms with van der Waals surface area (Å²) in [7, 11) is 0. The van der Waals surface area contributed by atoms with Crippen LogP contribution in [0.15, 0.2) is 29.6 Å². The number of aromatic nitrogens is 1. The van der Waals surface area contributed by atoms with Gasteiger partial charge in [0.25, 0.3) is 5.91 Å². The Morgan fingerprint density at radius 2 is 1.75 bits per heavy atom. The lowest BCUT2D eigenvalue weighted by molar-refractivity contribution is -0.124. The standard InChI is InChI=1S/C19H26N2O2S/c1-18(2,3)15-12-24-17(20-15)13-7-9-14(10-8-13)23-11-16(22)21-19(4,5)6/h7-10,12H,11H2,1-6H3,(H,21,22). The van der Waals surface area contributed by atoms with E-state index >= 15 is 0 Å². The fourth-order valence-electron chi connectivity index (χ4n) is 2.05. The molecule has 2 aromatic rings. The first-order chi connectivity index (χ1) is 11.0. The maximum atomic E-state index is 11.8. The van der Waals surface area contributed by atoms with Crippen molar-refractivity contribution in [3.63, 3.8) is 0 Å². The van der Waals surface area contributed by atoms with Gasteiger partial charge < -0.3 is 10.1 Å². The smallest absolute Gasteiger partial charge is 0.258 e. The van der Waals surface area contributed by atoms with Gasteiger partial charge in [-0.05, 0) is 45.0 Å². The van der Waals surface area contributed by atoms with Crippen LogP contribution < -0.4 is 10.1 Å². The minimum Gasteiger partial charge on any atom is -0.484 e. The van der Waals surface area contributed by atoms with E-state index < -0.39 is 0 Å². The van der Waals surface area contributed by atoms with E-state index in [2.05, 4.69) is 31.5 Å². The number of thiazole rings is 1. The third-order valence-corrected chi connectivity index (χ3v) is 4.15. The number of nitrogens with one attached hydrogen (secondary N) is 1. The van der Waals surface area contributed by atoms with Crippen molar-refractivity contribution in [3.8, 4) is 16.3 Å². The van der Waals surface area contributed by atoms with Gasteiger partial charge in [-0.25, -0.2) is 4.98 Å². The fourth-order valence-corrected chi connectivity index (χ4v) is 3.10. The summed E-state index contributed by atoms with van der Waals surface area (Å²) in [5.41, 5.74) is 1.96. The topological polar surface area (TPSA) is 51.2 Å². The van der Waals surface area contributed by atoms with Crippen molar-refractivity contribution in [1.29, 1.82) is 0 Å². The summed E-state index contributed by atoms with van der Waals surface area (Å²) in [6.07, 6.45) is 0. The average molecular weight is 346 g/mol. The summed E-state index contributed by atoms with van der Waals surface area (Å²) in [5.74, 6) is 0.553. The lowest BCUT2D eigenvalue weighted by Gasteiger charge is -2.20. The van der Waals surface area contributed by atoms with Crippen LogP contribution in [0.4, 0.5) is 0 Å². The van der Waals surface area contributed by atoms with Gasteiger partial charge in [0.1, 0.15) is 10.8 Å². The molecular formula is C19H26N2O2S. The van der Waals surface area contributed by atoms with Crippen LogP contribution in [-0.4, -0.2) is 23.0 Å². The van der Waals surface area contributed by atoms with E-state index in [0.29, 0.717) is 5.75 Å². The zero-order valence-electron chi connectivity index (χ0n) is 15.3. The van der Waals surface area contributed by atoms with Gasteiger partial charge in [0.2, 0.25) is 0 Å². The van der Waals surface area contributed by atoms with Crippen LogP contribution in [0, 0.1) is 0 Å². The molecule has 5 heteroatoms. The first kappa shape index (κ1) is 18.5. The Balaban J connectivity index is 1.98. The number of nitrogens with zero attached hydrogens (tertiary/aromatic N) is 1. The molecule has 0 aliphatic heterocycles. The summed E-state index contributed by atoms with van der Waals surface area (Å²) >= 11 is 1.64. The Morgan fingerprint density at radius 1 is 1.12 bits per heavy atom. The first-order valence-electron chi connectivity index (χ1n) is 8.05. The number of hydrogen-bond donors (Lipinski definition) is 1. The van der Waals surface area contributed by atoms with Gasteiger partial charge in [0, 0.05) is 21.9 Å². The van der Waals surface area contributed by atoms with E-state index in [1.807, 2.05) is 45.0 Å². The van der Waals surface area contributed by atoms with Crippen molar-refractivity contribution < 1.29 is 9.53 Å². The van der Waals surface area contributed by atoms with Gasteiger partial charge >= 0.3 is 0 Å². The number of amides is 1. The highest BCUT2D eigenvalue weighted by molar-refractivity contribution is 7.13. The summed E-state index contributed by atoms with van der Waals surface area (Å²) < 4.78 is 5.53. The molecule has 2 rings (SSSR count). The Kier molecular flexibility index (Phi) is 5.33. The van der Waals surface area contributed by atoms with Crippen LogP contribution in [0.3, 0.4) is 0 Å². The quantitative estimate of drug-likeness (QED) is 0.892. The van der Waals surface area contributed by atoms with Crippen molar-refractivity contribution in [1.82, 2.24) is 10.3 Å². The summed E-state index contributed by atoms with van der Waals surface area (Å²) in [6, 6.07) is 7.69. The van der Waals surface area contributed by atoms with E-state index in [1.165, 1.54) is 0 Å². The van der Waals surface area contributed by atoms with E-state index in [-0.39, 0.29) is 23.5 Å². The molecule has 1 aromatic heterocycles. The summed E-state index contributed by atoms with van der Waals surface area (Å²) in [5, 5.41) is 5.98. The van der Waals surface area contributed by atoms with Crippen LogP contribution in [0.2, 0.25) is 0 Å². The highest BCUT2D eigenvalue weighted by Gasteiger charge is 2.18. The Hall–Kier alpha value is -1.88. The maximum absolute atomic E-state index is 11.8. The van der Waals surface area contributed by atoms with Gasteiger partial charge in [-0.3, -0.25) is 4.79 Å². The molecule has 0 atom stereocenters. The molecule has 0 aliphatic carbocycles. The van der Waals surface area contributed by atoms with Crippen molar-refractivity contribution in [2.24, 2.45) is 0 Å². The number of ether oxygens (including phenoxy) is 1. The molecule has 4 nitrogen and oxygen atoms in total. The SMILES string of the molecule is CC(C)(C)NC(=O)COc1ccc(-c2nc(C(C)(C)C)cs2)cc1. The molecule has 0 saturated heterocycles. The highest BCUT2D eigenvalue weighted by Crippen LogP contribution is 2.30. The second-order valence-corrected chi connectivity index (χ2v) is 8.76. The number of carbonyl (C=O) groups excluding carboxylic acids is 1. The zero-order chi connectivity index (χ0) is 18.0. The molecule has 0 radical (unpaired) electrons. The van der Waals surface area contributed by atoms with Crippen LogP contribution >= 0.6 is 11.3 Å². The lowest BCUT2D eigenvalue weighted by atomic mass is 9.93. The predicted molar refractivity (Wildman–Crippen MR) is 99.6 cm³/mol. The molecule has 0 bridgehead atoms. The third kappa shape index (κ3) is 5.34. The highest BCUT2D eigenvalue weighted by atomic mass is 32.1. The van der Waals surface area contributed by atoms with Crippen LogP contribution in [0.1, 0.15) is 47.2 Å².